The zero-order valence-electron chi connectivity index (χ0n) is 9.18. The summed E-state index contributed by atoms with van der Waals surface area (Å²) in [5.41, 5.74) is 0. The molecular formula is C11H23NO. The van der Waals surface area contributed by atoms with E-state index < -0.39 is 0 Å². The fourth-order valence-corrected chi connectivity index (χ4v) is 1.76. The van der Waals surface area contributed by atoms with Crippen molar-refractivity contribution < 1.29 is 4.74 Å². The van der Waals surface area contributed by atoms with Gasteiger partial charge in [-0.2, -0.15) is 0 Å². The molecule has 0 amide bonds. The summed E-state index contributed by atoms with van der Waals surface area (Å²) in [6, 6.07) is 0.598. The molecule has 0 heterocycles. The lowest BCUT2D eigenvalue weighted by Crippen LogP contribution is -2.43. The van der Waals surface area contributed by atoms with Crippen LogP contribution in [0, 0.1) is 5.92 Å². The molecule has 2 heteroatoms. The lowest BCUT2D eigenvalue weighted by atomic mass is 9.80. The van der Waals surface area contributed by atoms with Crippen LogP contribution in [0.15, 0.2) is 0 Å². The van der Waals surface area contributed by atoms with Gasteiger partial charge in [-0.1, -0.05) is 13.3 Å². The Balaban J connectivity index is 2.20. The zero-order valence-corrected chi connectivity index (χ0v) is 9.18. The van der Waals surface area contributed by atoms with Crippen LogP contribution < -0.4 is 5.32 Å². The van der Waals surface area contributed by atoms with Crippen LogP contribution in [0.3, 0.4) is 0 Å². The number of rotatable bonds is 6. The molecule has 0 aromatic rings. The van der Waals surface area contributed by atoms with Crippen LogP contribution in [-0.2, 0) is 4.74 Å². The van der Waals surface area contributed by atoms with Gasteiger partial charge in [0, 0.05) is 6.04 Å². The average Bonchev–Trinajstić information content (AvgIpc) is 1.97. The number of hydrogen-bond donors (Lipinski definition) is 1. The van der Waals surface area contributed by atoms with E-state index in [1.165, 1.54) is 19.3 Å². The van der Waals surface area contributed by atoms with Gasteiger partial charge >= 0.3 is 0 Å². The highest BCUT2D eigenvalue weighted by molar-refractivity contribution is 4.82. The second-order valence-corrected chi connectivity index (χ2v) is 4.24. The van der Waals surface area contributed by atoms with E-state index in [1.54, 1.807) is 0 Å². The van der Waals surface area contributed by atoms with Crippen molar-refractivity contribution >= 4 is 0 Å². The van der Waals surface area contributed by atoms with Crippen molar-refractivity contribution in [2.45, 2.75) is 52.2 Å². The molecule has 13 heavy (non-hydrogen) atoms. The van der Waals surface area contributed by atoms with Crippen molar-refractivity contribution in [3.05, 3.63) is 0 Å². The van der Waals surface area contributed by atoms with Crippen molar-refractivity contribution in [3.63, 3.8) is 0 Å². The van der Waals surface area contributed by atoms with E-state index in [-0.39, 0.29) is 0 Å². The molecule has 78 valence electrons. The Labute approximate surface area is 82.0 Å². The predicted octanol–water partition coefficient (Wildman–Crippen LogP) is 2.19. The molecular weight excluding hydrogens is 162 g/mol. The van der Waals surface area contributed by atoms with Gasteiger partial charge < -0.3 is 10.1 Å². The SMILES string of the molecule is CCNC(COC(C)C)C1CCC1. The molecule has 0 radical (unpaired) electrons. The largest absolute Gasteiger partial charge is 0.377 e. The standard InChI is InChI=1S/C11H23NO/c1-4-12-11(8-13-9(2)3)10-6-5-7-10/h9-12H,4-8H2,1-3H3. The quantitative estimate of drug-likeness (QED) is 0.685. The molecule has 1 unspecified atom stereocenters. The van der Waals surface area contributed by atoms with Gasteiger partial charge in [0.25, 0.3) is 0 Å². The van der Waals surface area contributed by atoms with Gasteiger partial charge in [0.05, 0.1) is 12.7 Å². The molecule has 1 rings (SSSR count). The molecule has 0 aromatic carbocycles. The molecule has 1 aliphatic rings. The third-order valence-corrected chi connectivity index (χ3v) is 2.79. The van der Waals surface area contributed by atoms with Gasteiger partial charge in [0.1, 0.15) is 0 Å². The highest BCUT2D eigenvalue weighted by atomic mass is 16.5. The van der Waals surface area contributed by atoms with E-state index in [0.717, 1.165) is 19.1 Å². The van der Waals surface area contributed by atoms with Gasteiger partial charge in [-0.25, -0.2) is 0 Å². The lowest BCUT2D eigenvalue weighted by molar-refractivity contribution is 0.0368. The number of hydrogen-bond acceptors (Lipinski definition) is 2. The van der Waals surface area contributed by atoms with Gasteiger partial charge in [-0.3, -0.25) is 0 Å². The summed E-state index contributed by atoms with van der Waals surface area (Å²) in [7, 11) is 0. The summed E-state index contributed by atoms with van der Waals surface area (Å²) < 4.78 is 5.65. The Morgan fingerprint density at radius 1 is 1.38 bits per heavy atom. The summed E-state index contributed by atoms with van der Waals surface area (Å²) in [5, 5.41) is 3.51. The van der Waals surface area contributed by atoms with Gasteiger partial charge in [0.15, 0.2) is 0 Å². The van der Waals surface area contributed by atoms with Crippen molar-refractivity contribution in [2.24, 2.45) is 5.92 Å². The first-order valence-corrected chi connectivity index (χ1v) is 5.59. The Morgan fingerprint density at radius 2 is 2.08 bits per heavy atom. The van der Waals surface area contributed by atoms with Crippen molar-refractivity contribution in [2.75, 3.05) is 13.2 Å². The average molecular weight is 185 g/mol. The molecule has 0 spiro atoms. The maximum Gasteiger partial charge on any atom is 0.0625 e. The Hall–Kier alpha value is -0.0800. The Bertz CT molecular complexity index is 132. The van der Waals surface area contributed by atoms with Crippen LogP contribution in [0.4, 0.5) is 0 Å². The second kappa shape index (κ2) is 5.61. The predicted molar refractivity (Wildman–Crippen MR) is 55.9 cm³/mol. The maximum absolute atomic E-state index is 5.65. The number of nitrogens with one attached hydrogen (secondary N) is 1. The molecule has 1 atom stereocenters. The summed E-state index contributed by atoms with van der Waals surface area (Å²) in [6.45, 7) is 8.31. The lowest BCUT2D eigenvalue weighted by Gasteiger charge is -2.34. The van der Waals surface area contributed by atoms with Crippen LogP contribution in [0.5, 0.6) is 0 Å². The summed E-state index contributed by atoms with van der Waals surface area (Å²) in [4.78, 5) is 0. The minimum atomic E-state index is 0.362. The minimum Gasteiger partial charge on any atom is -0.377 e. The molecule has 0 aliphatic heterocycles. The van der Waals surface area contributed by atoms with Crippen LogP contribution in [-0.4, -0.2) is 25.3 Å². The highest BCUT2D eigenvalue weighted by Gasteiger charge is 2.26. The van der Waals surface area contributed by atoms with Crippen LogP contribution >= 0.6 is 0 Å². The molecule has 1 saturated carbocycles. The van der Waals surface area contributed by atoms with Gasteiger partial charge in [-0.05, 0) is 39.2 Å². The third kappa shape index (κ3) is 3.65. The van der Waals surface area contributed by atoms with E-state index in [0.29, 0.717) is 12.1 Å². The number of ether oxygens (including phenoxy) is 1. The molecule has 0 bridgehead atoms. The topological polar surface area (TPSA) is 21.3 Å². The van der Waals surface area contributed by atoms with Crippen molar-refractivity contribution in [3.8, 4) is 0 Å². The van der Waals surface area contributed by atoms with Crippen molar-refractivity contribution in [1.29, 1.82) is 0 Å². The van der Waals surface area contributed by atoms with Gasteiger partial charge in [0.2, 0.25) is 0 Å². The summed E-state index contributed by atoms with van der Waals surface area (Å²) in [6.07, 6.45) is 4.55. The maximum atomic E-state index is 5.65. The first-order valence-electron chi connectivity index (χ1n) is 5.59. The second-order valence-electron chi connectivity index (χ2n) is 4.24. The van der Waals surface area contributed by atoms with E-state index in [9.17, 15) is 0 Å². The molecule has 1 fully saturated rings. The fourth-order valence-electron chi connectivity index (χ4n) is 1.76. The summed E-state index contributed by atoms with van der Waals surface area (Å²) in [5.74, 6) is 0.874. The zero-order chi connectivity index (χ0) is 9.68. The van der Waals surface area contributed by atoms with Crippen molar-refractivity contribution in [1.82, 2.24) is 5.32 Å². The van der Waals surface area contributed by atoms with Crippen LogP contribution in [0.25, 0.3) is 0 Å². The summed E-state index contributed by atoms with van der Waals surface area (Å²) >= 11 is 0. The van der Waals surface area contributed by atoms with Crippen LogP contribution in [0.1, 0.15) is 40.0 Å². The highest BCUT2D eigenvalue weighted by Crippen LogP contribution is 2.29. The fraction of sp³-hybridized carbons (Fsp3) is 1.00. The molecule has 0 aromatic heterocycles. The molecule has 0 saturated heterocycles. The first-order chi connectivity index (χ1) is 6.24. The van der Waals surface area contributed by atoms with Crippen LogP contribution in [0.2, 0.25) is 0 Å². The molecule has 1 aliphatic carbocycles. The van der Waals surface area contributed by atoms with Gasteiger partial charge in [-0.15, -0.1) is 0 Å². The smallest absolute Gasteiger partial charge is 0.0625 e. The third-order valence-electron chi connectivity index (χ3n) is 2.79. The van der Waals surface area contributed by atoms with E-state index >= 15 is 0 Å². The molecule has 1 N–H and O–H groups in total. The normalized spacial score (nSPS) is 20.3. The Kier molecular flexibility index (Phi) is 4.74. The first kappa shape index (κ1) is 11.0. The van der Waals surface area contributed by atoms with E-state index in [2.05, 4.69) is 26.1 Å². The van der Waals surface area contributed by atoms with E-state index in [4.69, 9.17) is 4.74 Å². The number of likely N-dealkylation sites (N-methyl/N-ethyl adjacent to an activating group) is 1. The Morgan fingerprint density at radius 3 is 2.46 bits per heavy atom. The van der Waals surface area contributed by atoms with E-state index in [1.807, 2.05) is 0 Å². The molecule has 2 nitrogen and oxygen atoms in total. The minimum absolute atomic E-state index is 0.362. The monoisotopic (exact) mass is 185 g/mol.